The van der Waals surface area contributed by atoms with E-state index >= 15 is 0 Å². The van der Waals surface area contributed by atoms with Crippen LogP contribution in [0.4, 0.5) is 5.69 Å². The number of carbonyl (C=O) groups is 2. The van der Waals surface area contributed by atoms with E-state index in [0.29, 0.717) is 46.8 Å². The van der Waals surface area contributed by atoms with Crippen molar-refractivity contribution in [3.05, 3.63) is 52.5 Å². The molecular formula is C26H34ClN3O4. The summed E-state index contributed by atoms with van der Waals surface area (Å²) in [6.45, 7) is 7.13. The third-order valence-electron chi connectivity index (χ3n) is 5.96. The number of halogens is 1. The molecule has 0 radical (unpaired) electrons. The highest BCUT2D eigenvalue weighted by atomic mass is 35.5. The van der Waals surface area contributed by atoms with Gasteiger partial charge in [-0.3, -0.25) is 14.5 Å². The zero-order valence-corrected chi connectivity index (χ0v) is 20.9. The van der Waals surface area contributed by atoms with Crippen LogP contribution in [0.3, 0.4) is 0 Å². The lowest BCUT2D eigenvalue weighted by Crippen LogP contribution is -2.40. The Morgan fingerprint density at radius 2 is 1.97 bits per heavy atom. The van der Waals surface area contributed by atoms with Crippen LogP contribution >= 0.6 is 11.6 Å². The molecule has 1 atom stereocenters. The molecule has 0 bridgehead atoms. The van der Waals surface area contributed by atoms with Gasteiger partial charge in [0.2, 0.25) is 5.91 Å². The van der Waals surface area contributed by atoms with Gasteiger partial charge in [0.05, 0.1) is 24.7 Å². The first-order valence-corrected chi connectivity index (χ1v) is 12.1. The van der Waals surface area contributed by atoms with Gasteiger partial charge in [-0.05, 0) is 61.6 Å². The van der Waals surface area contributed by atoms with Crippen molar-refractivity contribution in [2.75, 3.05) is 32.1 Å². The fourth-order valence-corrected chi connectivity index (χ4v) is 4.24. The van der Waals surface area contributed by atoms with E-state index in [0.717, 1.165) is 37.9 Å². The van der Waals surface area contributed by atoms with Crippen LogP contribution in [0.15, 0.2) is 36.4 Å². The van der Waals surface area contributed by atoms with Gasteiger partial charge in [-0.25, -0.2) is 0 Å². The number of anilines is 1. The second-order valence-electron chi connectivity index (χ2n) is 9.15. The van der Waals surface area contributed by atoms with Gasteiger partial charge in [0, 0.05) is 24.3 Å². The minimum atomic E-state index is -0.290. The highest BCUT2D eigenvalue weighted by Crippen LogP contribution is 2.37. The summed E-state index contributed by atoms with van der Waals surface area (Å²) < 4.78 is 11.2. The number of carbonyl (C=O) groups excluding carboxylic acids is 2. The van der Waals surface area contributed by atoms with Crippen LogP contribution in [-0.2, 0) is 11.3 Å². The number of hydrogen-bond acceptors (Lipinski definition) is 5. The fourth-order valence-electron chi connectivity index (χ4n) is 3.97. The number of methoxy groups -OCH3 is 1. The van der Waals surface area contributed by atoms with Crippen molar-refractivity contribution in [2.24, 2.45) is 17.6 Å². The number of hydrogen-bond donors (Lipinski definition) is 2. The van der Waals surface area contributed by atoms with Crippen molar-refractivity contribution in [3.63, 3.8) is 0 Å². The molecule has 1 saturated heterocycles. The maximum atomic E-state index is 12.8. The Balaban J connectivity index is 1.61. The van der Waals surface area contributed by atoms with E-state index in [1.54, 1.807) is 12.1 Å². The Bertz CT molecular complexity index is 994. The monoisotopic (exact) mass is 487 g/mol. The highest BCUT2D eigenvalue weighted by molar-refractivity contribution is 6.32. The van der Waals surface area contributed by atoms with Crippen molar-refractivity contribution >= 4 is 29.1 Å². The zero-order valence-electron chi connectivity index (χ0n) is 20.1. The molecule has 0 saturated carbocycles. The van der Waals surface area contributed by atoms with E-state index in [-0.39, 0.29) is 17.7 Å². The minimum Gasteiger partial charge on any atom is -0.493 e. The predicted octanol–water partition coefficient (Wildman–Crippen LogP) is 4.72. The maximum absolute atomic E-state index is 12.8. The number of ether oxygens (including phenoxy) is 2. The van der Waals surface area contributed by atoms with Crippen LogP contribution < -0.4 is 20.5 Å². The number of nitrogens with zero attached hydrogens (tertiary/aromatic N) is 1. The molecule has 1 fully saturated rings. The number of nitrogens with two attached hydrogens (primary N) is 1. The van der Waals surface area contributed by atoms with E-state index < -0.39 is 0 Å². The summed E-state index contributed by atoms with van der Waals surface area (Å²) in [6.07, 6.45) is 2.72. The summed E-state index contributed by atoms with van der Waals surface area (Å²) in [6, 6.07) is 10.9. The molecule has 184 valence electrons. The molecule has 2 aromatic carbocycles. The van der Waals surface area contributed by atoms with Crippen molar-refractivity contribution in [3.8, 4) is 11.5 Å². The third kappa shape index (κ3) is 7.11. The standard InChI is InChI=1S/C26H34ClN3O4/c1-17(2)10-12-34-24-22(27)13-20(14-23(24)33-3)26(32)29-21-8-6-18(7-9-21)15-30-11-4-5-19(16-30)25(28)31/h6-9,13-14,17,19H,4-5,10-12,15-16H2,1-3H3,(H2,28,31)(H,29,32). The van der Waals surface area contributed by atoms with Gasteiger partial charge >= 0.3 is 0 Å². The number of piperidine rings is 1. The first-order chi connectivity index (χ1) is 16.3. The summed E-state index contributed by atoms with van der Waals surface area (Å²) in [7, 11) is 1.52. The first kappa shape index (κ1) is 25.8. The van der Waals surface area contributed by atoms with Gasteiger partial charge in [0.15, 0.2) is 11.5 Å². The van der Waals surface area contributed by atoms with Gasteiger partial charge < -0.3 is 20.5 Å². The molecule has 2 aromatic rings. The van der Waals surface area contributed by atoms with Gasteiger partial charge in [-0.1, -0.05) is 37.6 Å². The summed E-state index contributed by atoms with van der Waals surface area (Å²) in [5.41, 5.74) is 7.64. The molecule has 1 heterocycles. The lowest BCUT2D eigenvalue weighted by atomic mass is 9.97. The van der Waals surface area contributed by atoms with Gasteiger partial charge in [-0.2, -0.15) is 0 Å². The number of primary amides is 1. The third-order valence-corrected chi connectivity index (χ3v) is 6.24. The van der Waals surface area contributed by atoms with Gasteiger partial charge in [-0.15, -0.1) is 0 Å². The average Bonchev–Trinajstić information content (AvgIpc) is 2.81. The Morgan fingerprint density at radius 1 is 1.24 bits per heavy atom. The van der Waals surface area contributed by atoms with Crippen molar-refractivity contribution in [1.82, 2.24) is 4.90 Å². The number of benzene rings is 2. The van der Waals surface area contributed by atoms with Crippen molar-refractivity contribution in [1.29, 1.82) is 0 Å². The molecule has 0 spiro atoms. The normalized spacial score (nSPS) is 16.3. The molecule has 0 aliphatic carbocycles. The van der Waals surface area contributed by atoms with Crippen LogP contribution in [0.5, 0.6) is 11.5 Å². The Kier molecular flexibility index (Phi) is 9.19. The smallest absolute Gasteiger partial charge is 0.255 e. The molecule has 34 heavy (non-hydrogen) atoms. The number of amides is 2. The average molecular weight is 488 g/mol. The topological polar surface area (TPSA) is 93.9 Å². The molecule has 1 aliphatic rings. The van der Waals surface area contributed by atoms with Crippen molar-refractivity contribution in [2.45, 2.75) is 39.7 Å². The molecule has 7 nitrogen and oxygen atoms in total. The number of nitrogens with one attached hydrogen (secondary N) is 1. The van der Waals surface area contributed by atoms with E-state index in [2.05, 4.69) is 24.1 Å². The molecule has 8 heteroatoms. The zero-order chi connectivity index (χ0) is 24.7. The van der Waals surface area contributed by atoms with E-state index in [4.69, 9.17) is 26.8 Å². The largest absolute Gasteiger partial charge is 0.493 e. The van der Waals surface area contributed by atoms with Crippen LogP contribution in [0, 0.1) is 11.8 Å². The number of likely N-dealkylation sites (tertiary alicyclic amines) is 1. The van der Waals surface area contributed by atoms with Crippen LogP contribution in [0.2, 0.25) is 5.02 Å². The summed E-state index contributed by atoms with van der Waals surface area (Å²) >= 11 is 6.40. The molecule has 1 aliphatic heterocycles. The Morgan fingerprint density at radius 3 is 2.62 bits per heavy atom. The number of rotatable bonds is 10. The minimum absolute atomic E-state index is 0.0804. The van der Waals surface area contributed by atoms with Crippen LogP contribution in [0.1, 0.15) is 49.0 Å². The lowest BCUT2D eigenvalue weighted by Gasteiger charge is -2.31. The highest BCUT2D eigenvalue weighted by Gasteiger charge is 2.24. The quantitative estimate of drug-likeness (QED) is 0.505. The molecule has 3 rings (SSSR count). The molecule has 2 amide bonds. The first-order valence-electron chi connectivity index (χ1n) is 11.7. The molecule has 3 N–H and O–H groups in total. The Labute approximate surface area is 206 Å². The van der Waals surface area contributed by atoms with E-state index in [1.165, 1.54) is 7.11 Å². The molecular weight excluding hydrogens is 454 g/mol. The summed E-state index contributed by atoms with van der Waals surface area (Å²) in [4.78, 5) is 26.6. The van der Waals surface area contributed by atoms with Crippen LogP contribution in [-0.4, -0.2) is 43.5 Å². The molecule has 1 unspecified atom stereocenters. The molecule has 0 aromatic heterocycles. The summed E-state index contributed by atoms with van der Waals surface area (Å²) in [5.74, 6) is 0.780. The predicted molar refractivity (Wildman–Crippen MR) is 135 cm³/mol. The van der Waals surface area contributed by atoms with Crippen LogP contribution in [0.25, 0.3) is 0 Å². The van der Waals surface area contributed by atoms with Gasteiger partial charge in [0.25, 0.3) is 5.91 Å². The Hall–Kier alpha value is -2.77. The van der Waals surface area contributed by atoms with E-state index in [9.17, 15) is 9.59 Å². The second-order valence-corrected chi connectivity index (χ2v) is 9.56. The second kappa shape index (κ2) is 12.1. The van der Waals surface area contributed by atoms with Crippen molar-refractivity contribution < 1.29 is 19.1 Å². The fraction of sp³-hybridized carbons (Fsp3) is 0.462. The lowest BCUT2D eigenvalue weighted by molar-refractivity contribution is -0.123. The summed E-state index contributed by atoms with van der Waals surface area (Å²) in [5, 5.41) is 3.23. The van der Waals surface area contributed by atoms with E-state index in [1.807, 2.05) is 24.3 Å². The SMILES string of the molecule is COc1cc(C(=O)Nc2ccc(CN3CCCC(C(N)=O)C3)cc2)cc(Cl)c1OCCC(C)C. The maximum Gasteiger partial charge on any atom is 0.255 e. The van der Waals surface area contributed by atoms with Gasteiger partial charge in [0.1, 0.15) is 0 Å².